The van der Waals surface area contributed by atoms with E-state index in [-0.39, 0.29) is 12.2 Å². The normalized spacial score (nSPS) is 19.1. The first kappa shape index (κ1) is 13.5. The lowest BCUT2D eigenvalue weighted by Crippen LogP contribution is -2.44. The molecule has 1 fully saturated rings. The summed E-state index contributed by atoms with van der Waals surface area (Å²) in [5.74, 6) is 0.117. The lowest BCUT2D eigenvalue weighted by atomic mass is 9.80. The highest BCUT2D eigenvalue weighted by molar-refractivity contribution is 5.23. The van der Waals surface area contributed by atoms with Gasteiger partial charge in [-0.05, 0) is 19.4 Å². The number of nitrogens with one attached hydrogen (secondary N) is 1. The lowest BCUT2D eigenvalue weighted by Gasteiger charge is -2.34. The van der Waals surface area contributed by atoms with Crippen molar-refractivity contribution in [2.75, 3.05) is 13.2 Å². The fourth-order valence-electron chi connectivity index (χ4n) is 2.35. The third-order valence-electron chi connectivity index (χ3n) is 3.48. The van der Waals surface area contributed by atoms with Crippen molar-refractivity contribution in [1.29, 1.82) is 0 Å². The van der Waals surface area contributed by atoms with Gasteiger partial charge in [-0.1, -0.05) is 30.3 Å². The zero-order valence-corrected chi connectivity index (χ0v) is 10.9. The molecule has 0 amide bonds. The van der Waals surface area contributed by atoms with Gasteiger partial charge in [-0.25, -0.2) is 0 Å². The van der Waals surface area contributed by atoms with E-state index in [4.69, 9.17) is 9.47 Å². The predicted octanol–water partition coefficient (Wildman–Crippen LogP) is 2.29. The van der Waals surface area contributed by atoms with E-state index in [1.165, 1.54) is 5.56 Å². The van der Waals surface area contributed by atoms with E-state index in [1.54, 1.807) is 0 Å². The van der Waals surface area contributed by atoms with Crippen LogP contribution in [0, 0.1) is 0 Å². The van der Waals surface area contributed by atoms with Crippen molar-refractivity contribution >= 4 is 0 Å². The molecule has 0 radical (unpaired) electrons. The molecule has 0 saturated carbocycles. The first-order valence-corrected chi connectivity index (χ1v) is 6.33. The maximum absolute atomic E-state index is 9.37. The molecule has 1 aliphatic rings. The van der Waals surface area contributed by atoms with Crippen LogP contribution in [0.3, 0.4) is 0 Å². The largest absolute Gasteiger partial charge is 0.350 e. The monoisotopic (exact) mass is 251 g/mol. The van der Waals surface area contributed by atoms with E-state index in [1.807, 2.05) is 32.0 Å². The van der Waals surface area contributed by atoms with Gasteiger partial charge in [0, 0.05) is 17.9 Å². The second-order valence-electron chi connectivity index (χ2n) is 5.20. The van der Waals surface area contributed by atoms with Gasteiger partial charge in [0.05, 0.1) is 13.2 Å². The van der Waals surface area contributed by atoms with Crippen molar-refractivity contribution in [3.63, 3.8) is 0 Å². The summed E-state index contributed by atoms with van der Waals surface area (Å²) in [7, 11) is 0. The van der Waals surface area contributed by atoms with E-state index in [0.29, 0.717) is 13.2 Å². The molecule has 1 saturated heterocycles. The Hall–Kier alpha value is -0.940. The first-order valence-electron chi connectivity index (χ1n) is 6.33. The van der Waals surface area contributed by atoms with Gasteiger partial charge >= 0.3 is 0 Å². The maximum Gasteiger partial charge on any atom is 0.158 e. The van der Waals surface area contributed by atoms with Crippen LogP contribution in [0.25, 0.3) is 0 Å². The molecule has 2 rings (SSSR count). The molecule has 0 aliphatic carbocycles. The molecule has 4 heteroatoms. The van der Waals surface area contributed by atoms with Gasteiger partial charge in [-0.3, -0.25) is 0 Å². The number of hydrogen-bond acceptors (Lipinski definition) is 4. The Bertz CT molecular complexity index is 361. The van der Waals surface area contributed by atoms with Crippen molar-refractivity contribution in [1.82, 2.24) is 5.48 Å². The van der Waals surface area contributed by atoms with Crippen molar-refractivity contribution in [2.24, 2.45) is 0 Å². The average Bonchev–Trinajstić information content (AvgIpc) is 2.90. The molecule has 1 heterocycles. The molecule has 1 unspecified atom stereocenters. The van der Waals surface area contributed by atoms with Crippen LogP contribution in [-0.4, -0.2) is 30.2 Å². The van der Waals surface area contributed by atoms with Crippen LogP contribution in [0.4, 0.5) is 0 Å². The number of rotatable bonds is 5. The fourth-order valence-corrected chi connectivity index (χ4v) is 2.35. The minimum absolute atomic E-state index is 0.117. The minimum atomic E-state index is -0.434. The number of ether oxygens (including phenoxy) is 2. The van der Waals surface area contributed by atoms with Crippen LogP contribution >= 0.6 is 0 Å². The molecular weight excluding hydrogens is 230 g/mol. The molecule has 4 nitrogen and oxygen atoms in total. The van der Waals surface area contributed by atoms with Gasteiger partial charge in [0.25, 0.3) is 0 Å². The predicted molar refractivity (Wildman–Crippen MR) is 68.5 cm³/mol. The third-order valence-corrected chi connectivity index (χ3v) is 3.48. The quantitative estimate of drug-likeness (QED) is 0.788. The summed E-state index contributed by atoms with van der Waals surface area (Å²) in [5, 5.41) is 9.37. The highest BCUT2D eigenvalue weighted by atomic mass is 16.7. The van der Waals surface area contributed by atoms with E-state index < -0.39 is 5.54 Å². The Morgan fingerprint density at radius 2 is 1.89 bits per heavy atom. The Labute approximate surface area is 108 Å². The average molecular weight is 251 g/mol. The Morgan fingerprint density at radius 1 is 1.28 bits per heavy atom. The van der Waals surface area contributed by atoms with Crippen molar-refractivity contribution < 1.29 is 14.7 Å². The summed E-state index contributed by atoms with van der Waals surface area (Å²) in [6, 6.07) is 10.1. The highest BCUT2D eigenvalue weighted by Crippen LogP contribution is 2.33. The summed E-state index contributed by atoms with van der Waals surface area (Å²) >= 11 is 0. The second kappa shape index (κ2) is 5.80. The van der Waals surface area contributed by atoms with E-state index in [9.17, 15) is 5.21 Å². The SMILES string of the molecule is CC(C)(NO)C(CC1OCCO1)c1ccccc1. The number of hydroxylamine groups is 1. The van der Waals surface area contributed by atoms with E-state index in [2.05, 4.69) is 17.6 Å². The molecule has 1 aromatic rings. The van der Waals surface area contributed by atoms with Gasteiger partial charge in [0.2, 0.25) is 0 Å². The summed E-state index contributed by atoms with van der Waals surface area (Å²) in [6.45, 7) is 5.25. The molecule has 0 spiro atoms. The molecular formula is C14H21NO3. The Balaban J connectivity index is 2.17. The van der Waals surface area contributed by atoms with Crippen LogP contribution in [0.5, 0.6) is 0 Å². The fraction of sp³-hybridized carbons (Fsp3) is 0.571. The minimum Gasteiger partial charge on any atom is -0.350 e. The van der Waals surface area contributed by atoms with Crippen molar-refractivity contribution in [3.05, 3.63) is 35.9 Å². The zero-order valence-electron chi connectivity index (χ0n) is 10.9. The first-order chi connectivity index (χ1) is 8.63. The smallest absolute Gasteiger partial charge is 0.158 e. The third kappa shape index (κ3) is 3.09. The Morgan fingerprint density at radius 3 is 2.44 bits per heavy atom. The number of hydrogen-bond donors (Lipinski definition) is 2. The van der Waals surface area contributed by atoms with Gasteiger partial charge in [-0.15, -0.1) is 0 Å². The van der Waals surface area contributed by atoms with Gasteiger partial charge < -0.3 is 14.7 Å². The van der Waals surface area contributed by atoms with Crippen LogP contribution in [0.1, 0.15) is 31.7 Å². The molecule has 0 bridgehead atoms. The topological polar surface area (TPSA) is 50.7 Å². The molecule has 2 N–H and O–H groups in total. The summed E-state index contributed by atoms with van der Waals surface area (Å²) in [6.07, 6.45) is 0.549. The van der Waals surface area contributed by atoms with Gasteiger partial charge in [0.1, 0.15) is 0 Å². The Kier molecular flexibility index (Phi) is 4.35. The van der Waals surface area contributed by atoms with Crippen LogP contribution in [0.2, 0.25) is 0 Å². The van der Waals surface area contributed by atoms with Crippen LogP contribution < -0.4 is 5.48 Å². The van der Waals surface area contributed by atoms with E-state index >= 15 is 0 Å². The van der Waals surface area contributed by atoms with Crippen LogP contribution in [0.15, 0.2) is 30.3 Å². The summed E-state index contributed by atoms with van der Waals surface area (Å²) in [4.78, 5) is 0. The van der Waals surface area contributed by atoms with Crippen molar-refractivity contribution in [3.8, 4) is 0 Å². The maximum atomic E-state index is 9.37. The van der Waals surface area contributed by atoms with Gasteiger partial charge in [-0.2, -0.15) is 5.48 Å². The highest BCUT2D eigenvalue weighted by Gasteiger charge is 2.34. The molecule has 18 heavy (non-hydrogen) atoms. The lowest BCUT2D eigenvalue weighted by molar-refractivity contribution is -0.0618. The van der Waals surface area contributed by atoms with Crippen LogP contribution in [-0.2, 0) is 9.47 Å². The molecule has 1 aromatic carbocycles. The zero-order chi connectivity index (χ0) is 13.0. The second-order valence-corrected chi connectivity index (χ2v) is 5.20. The summed E-state index contributed by atoms with van der Waals surface area (Å²) < 4.78 is 11.0. The van der Waals surface area contributed by atoms with Crippen molar-refractivity contribution in [2.45, 2.75) is 38.0 Å². The molecule has 0 aromatic heterocycles. The molecule has 1 atom stereocenters. The summed E-state index contributed by atoms with van der Waals surface area (Å²) in [5.41, 5.74) is 3.14. The van der Waals surface area contributed by atoms with E-state index in [0.717, 1.165) is 6.42 Å². The van der Waals surface area contributed by atoms with Gasteiger partial charge in [0.15, 0.2) is 6.29 Å². The molecule has 1 aliphatic heterocycles. The number of benzene rings is 1. The molecule has 100 valence electrons. The standard InChI is InChI=1S/C14H21NO3/c1-14(2,15-16)12(10-13-17-8-9-18-13)11-6-4-3-5-7-11/h3-7,12-13,15-16H,8-10H2,1-2H3.